The molecule has 0 aliphatic carbocycles. The van der Waals surface area contributed by atoms with E-state index in [1.165, 1.54) is 18.2 Å². The second kappa shape index (κ2) is 6.66. The van der Waals surface area contributed by atoms with E-state index in [1.54, 1.807) is 31.2 Å². The van der Waals surface area contributed by atoms with E-state index in [-0.39, 0.29) is 17.3 Å². The number of nitro benzene ring substituents is 1. The van der Waals surface area contributed by atoms with Crippen LogP contribution in [-0.4, -0.2) is 16.8 Å². The molecule has 3 rings (SSSR count). The van der Waals surface area contributed by atoms with Crippen molar-refractivity contribution in [2.75, 3.05) is 0 Å². The summed E-state index contributed by atoms with van der Waals surface area (Å²) in [6.45, 7) is 1.57. The minimum absolute atomic E-state index is 0.0255. The average molecular weight is 377 g/mol. The van der Waals surface area contributed by atoms with Gasteiger partial charge in [-0.25, -0.2) is 9.79 Å². The molecular formula is C17H10Cl2N2O4. The lowest BCUT2D eigenvalue weighted by Crippen LogP contribution is -2.08. The van der Waals surface area contributed by atoms with E-state index in [0.717, 1.165) is 0 Å². The molecule has 0 bridgehead atoms. The summed E-state index contributed by atoms with van der Waals surface area (Å²) < 4.78 is 5.16. The first-order chi connectivity index (χ1) is 11.9. The molecule has 25 heavy (non-hydrogen) atoms. The number of cyclic esters (lactones) is 1. The minimum atomic E-state index is -0.646. The monoisotopic (exact) mass is 376 g/mol. The van der Waals surface area contributed by atoms with Crippen molar-refractivity contribution in [3.63, 3.8) is 0 Å². The average Bonchev–Trinajstić information content (AvgIpc) is 2.91. The first-order valence-electron chi connectivity index (χ1n) is 7.09. The van der Waals surface area contributed by atoms with Crippen LogP contribution >= 0.6 is 23.2 Å². The van der Waals surface area contributed by atoms with Gasteiger partial charge >= 0.3 is 5.97 Å². The van der Waals surface area contributed by atoms with Gasteiger partial charge in [-0.2, -0.15) is 0 Å². The van der Waals surface area contributed by atoms with Crippen molar-refractivity contribution in [2.24, 2.45) is 4.99 Å². The normalized spacial score (nSPS) is 15.2. The van der Waals surface area contributed by atoms with Crippen molar-refractivity contribution in [3.05, 3.63) is 78.9 Å². The highest BCUT2D eigenvalue weighted by molar-refractivity contribution is 6.42. The van der Waals surface area contributed by atoms with Crippen LogP contribution in [0.3, 0.4) is 0 Å². The molecule has 0 spiro atoms. The van der Waals surface area contributed by atoms with E-state index in [1.807, 2.05) is 0 Å². The molecule has 0 atom stereocenters. The highest BCUT2D eigenvalue weighted by Gasteiger charge is 2.27. The zero-order valence-corrected chi connectivity index (χ0v) is 14.3. The van der Waals surface area contributed by atoms with Gasteiger partial charge in [0.05, 0.1) is 15.0 Å². The second-order valence-electron chi connectivity index (χ2n) is 5.22. The number of esters is 1. The van der Waals surface area contributed by atoms with Gasteiger partial charge in [0.25, 0.3) is 5.69 Å². The summed E-state index contributed by atoms with van der Waals surface area (Å²) in [5.41, 5.74) is 1.38. The molecule has 1 heterocycles. The molecule has 0 fully saturated rings. The fourth-order valence-electron chi connectivity index (χ4n) is 2.34. The van der Waals surface area contributed by atoms with Crippen LogP contribution in [0.25, 0.3) is 6.08 Å². The first-order valence-corrected chi connectivity index (χ1v) is 7.84. The largest absolute Gasteiger partial charge is 0.402 e. The van der Waals surface area contributed by atoms with Crippen LogP contribution in [0, 0.1) is 17.0 Å². The van der Waals surface area contributed by atoms with Gasteiger partial charge in [-0.1, -0.05) is 35.3 Å². The maximum atomic E-state index is 12.0. The number of rotatable bonds is 3. The Kier molecular flexibility index (Phi) is 4.57. The highest BCUT2D eigenvalue weighted by Crippen LogP contribution is 2.27. The van der Waals surface area contributed by atoms with E-state index in [2.05, 4.69) is 4.99 Å². The van der Waals surface area contributed by atoms with Crippen LogP contribution in [0.4, 0.5) is 5.69 Å². The molecule has 8 heteroatoms. The third-order valence-electron chi connectivity index (χ3n) is 3.60. The molecule has 0 unspecified atom stereocenters. The molecule has 1 aliphatic heterocycles. The van der Waals surface area contributed by atoms with Gasteiger partial charge in [-0.15, -0.1) is 0 Å². The van der Waals surface area contributed by atoms with Gasteiger partial charge in [0.1, 0.15) is 0 Å². The van der Waals surface area contributed by atoms with Crippen molar-refractivity contribution >= 4 is 46.8 Å². The van der Waals surface area contributed by atoms with E-state index < -0.39 is 10.9 Å². The molecule has 1 aliphatic rings. The summed E-state index contributed by atoms with van der Waals surface area (Å²) in [5.74, 6) is -0.621. The lowest BCUT2D eigenvalue weighted by molar-refractivity contribution is -0.385. The summed E-state index contributed by atoms with van der Waals surface area (Å²) >= 11 is 11.8. The quantitative estimate of drug-likeness (QED) is 0.340. The molecule has 0 radical (unpaired) electrons. The number of nitrogens with zero attached hydrogens (tertiary/aromatic N) is 2. The number of carbonyl (C=O) groups is 1. The smallest absolute Gasteiger partial charge is 0.363 e. The van der Waals surface area contributed by atoms with E-state index in [4.69, 9.17) is 27.9 Å². The summed E-state index contributed by atoms with van der Waals surface area (Å²) in [6, 6.07) is 9.37. The van der Waals surface area contributed by atoms with Crippen molar-refractivity contribution in [2.45, 2.75) is 6.92 Å². The third kappa shape index (κ3) is 3.40. The van der Waals surface area contributed by atoms with Gasteiger partial charge in [0.15, 0.2) is 5.70 Å². The van der Waals surface area contributed by atoms with Crippen LogP contribution in [0.5, 0.6) is 0 Å². The molecule has 0 aromatic heterocycles. The van der Waals surface area contributed by atoms with Crippen LogP contribution in [0.15, 0.2) is 47.1 Å². The summed E-state index contributed by atoms with van der Waals surface area (Å²) in [7, 11) is 0. The fraction of sp³-hybridized carbons (Fsp3) is 0.0588. The molecule has 126 valence electrons. The Morgan fingerprint density at radius 3 is 2.64 bits per heavy atom. The molecule has 0 N–H and O–H groups in total. The molecule has 6 nitrogen and oxygen atoms in total. The predicted molar refractivity (Wildman–Crippen MR) is 94.9 cm³/mol. The first kappa shape index (κ1) is 17.1. The van der Waals surface area contributed by atoms with Crippen molar-refractivity contribution < 1.29 is 14.5 Å². The van der Waals surface area contributed by atoms with E-state index >= 15 is 0 Å². The number of hydrogen-bond donors (Lipinski definition) is 0. The Hall–Kier alpha value is -2.70. The number of ether oxygens (including phenoxy) is 1. The second-order valence-corrected chi connectivity index (χ2v) is 6.03. The van der Waals surface area contributed by atoms with Crippen molar-refractivity contribution in [3.8, 4) is 0 Å². The van der Waals surface area contributed by atoms with Gasteiger partial charge in [-0.05, 0) is 36.8 Å². The van der Waals surface area contributed by atoms with Gasteiger partial charge in [0.2, 0.25) is 5.90 Å². The number of aliphatic imine (C=N–C) groups is 1. The topological polar surface area (TPSA) is 81.8 Å². The Bertz CT molecular complexity index is 967. The fourth-order valence-corrected chi connectivity index (χ4v) is 2.64. The third-order valence-corrected chi connectivity index (χ3v) is 4.34. The predicted octanol–water partition coefficient (Wildman–Crippen LogP) is 4.55. The summed E-state index contributed by atoms with van der Waals surface area (Å²) in [5, 5.41) is 11.8. The number of benzene rings is 2. The lowest BCUT2D eigenvalue weighted by atomic mass is 10.1. The molecule has 0 saturated heterocycles. The van der Waals surface area contributed by atoms with E-state index in [0.29, 0.717) is 26.7 Å². The molecule has 0 saturated carbocycles. The molecule has 2 aromatic carbocycles. The van der Waals surface area contributed by atoms with Crippen LogP contribution < -0.4 is 0 Å². The maximum absolute atomic E-state index is 12.0. The van der Waals surface area contributed by atoms with Gasteiger partial charge < -0.3 is 4.74 Å². The lowest BCUT2D eigenvalue weighted by Gasteiger charge is -2.04. The van der Waals surface area contributed by atoms with Crippen LogP contribution in [0.1, 0.15) is 16.7 Å². The molecule has 0 amide bonds. The Labute approximate surface area is 152 Å². The minimum Gasteiger partial charge on any atom is -0.402 e. The van der Waals surface area contributed by atoms with Gasteiger partial charge in [-0.3, -0.25) is 10.1 Å². The van der Waals surface area contributed by atoms with E-state index in [9.17, 15) is 14.9 Å². The van der Waals surface area contributed by atoms with Crippen molar-refractivity contribution in [1.29, 1.82) is 0 Å². The number of nitro groups is 1. The highest BCUT2D eigenvalue weighted by atomic mass is 35.5. The van der Waals surface area contributed by atoms with Crippen LogP contribution in [-0.2, 0) is 9.53 Å². The molecule has 2 aromatic rings. The SMILES string of the molecule is Cc1c(C2=N/C(=C/c3ccc(Cl)c(Cl)c3)C(=O)O2)cccc1[N+](=O)[O-]. The molecular weight excluding hydrogens is 367 g/mol. The van der Waals surface area contributed by atoms with Crippen LogP contribution in [0.2, 0.25) is 10.0 Å². The zero-order chi connectivity index (χ0) is 18.1. The Morgan fingerprint density at radius 1 is 1.20 bits per heavy atom. The number of carbonyl (C=O) groups excluding carboxylic acids is 1. The number of hydrogen-bond acceptors (Lipinski definition) is 5. The number of halogens is 2. The summed E-state index contributed by atoms with van der Waals surface area (Å²) in [4.78, 5) is 26.7. The maximum Gasteiger partial charge on any atom is 0.363 e. The Balaban J connectivity index is 2.01. The Morgan fingerprint density at radius 2 is 1.96 bits per heavy atom. The standard InChI is InChI=1S/C17H10Cl2N2O4/c1-9-11(3-2-4-15(9)21(23)24)16-20-14(17(22)25-16)8-10-5-6-12(18)13(19)7-10/h2-8H,1H3/b14-8+. The van der Waals surface area contributed by atoms with Gasteiger partial charge in [0, 0.05) is 17.2 Å². The van der Waals surface area contributed by atoms with Crippen molar-refractivity contribution in [1.82, 2.24) is 0 Å². The zero-order valence-electron chi connectivity index (χ0n) is 12.8. The summed E-state index contributed by atoms with van der Waals surface area (Å²) in [6.07, 6.45) is 1.50.